The van der Waals surface area contributed by atoms with Crippen molar-refractivity contribution in [3.63, 3.8) is 0 Å². The second kappa shape index (κ2) is 3.95. The minimum Gasteiger partial charge on any atom is -0.469 e. The Hall–Kier alpha value is -1.12. The van der Waals surface area contributed by atoms with Crippen LogP contribution in [0.25, 0.3) is 0 Å². The second-order valence-corrected chi connectivity index (χ2v) is 4.22. The van der Waals surface area contributed by atoms with Crippen molar-refractivity contribution in [1.29, 1.82) is 0 Å². The Morgan fingerprint density at radius 2 is 2.21 bits per heavy atom. The summed E-state index contributed by atoms with van der Waals surface area (Å²) in [6.07, 6.45) is 4.64. The molecule has 1 unspecified atom stereocenters. The van der Waals surface area contributed by atoms with Crippen molar-refractivity contribution in [2.24, 2.45) is 11.3 Å². The first kappa shape index (κ1) is 11.0. The van der Waals surface area contributed by atoms with Gasteiger partial charge in [0.1, 0.15) is 0 Å². The van der Waals surface area contributed by atoms with E-state index in [0.717, 1.165) is 6.42 Å². The predicted octanol–water partition coefficient (Wildman–Crippen LogP) is 1.72. The lowest BCUT2D eigenvalue weighted by Crippen LogP contribution is -2.36. The zero-order valence-corrected chi connectivity index (χ0v) is 8.87. The molecule has 0 aromatic carbocycles. The molecule has 0 N–H and O–H groups in total. The number of ether oxygens (including phenoxy) is 1. The van der Waals surface area contributed by atoms with Gasteiger partial charge in [0.15, 0.2) is 5.78 Å². The van der Waals surface area contributed by atoms with Crippen LogP contribution in [0.15, 0.2) is 12.2 Å². The van der Waals surface area contributed by atoms with Crippen LogP contribution in [0.3, 0.4) is 0 Å². The smallest absolute Gasteiger partial charge is 0.311 e. The summed E-state index contributed by atoms with van der Waals surface area (Å²) in [5.74, 6) is -0.0868. The van der Waals surface area contributed by atoms with Crippen LogP contribution in [0, 0.1) is 11.3 Å². The van der Waals surface area contributed by atoms with Gasteiger partial charge < -0.3 is 4.74 Å². The fraction of sp³-hybridized carbons (Fsp3) is 0.636. The molecule has 0 aliphatic heterocycles. The Labute approximate surface area is 84.1 Å². The molecule has 0 bridgehead atoms. The minimum atomic E-state index is -0.574. The molecule has 14 heavy (non-hydrogen) atoms. The average molecular weight is 196 g/mol. The number of esters is 1. The van der Waals surface area contributed by atoms with Crippen LogP contribution in [0.1, 0.15) is 26.7 Å². The molecule has 0 aromatic rings. The zero-order chi connectivity index (χ0) is 10.8. The fourth-order valence-corrected chi connectivity index (χ4v) is 1.74. The number of methoxy groups -OCH3 is 1. The summed E-state index contributed by atoms with van der Waals surface area (Å²) in [6.45, 7) is 3.66. The highest BCUT2D eigenvalue weighted by Crippen LogP contribution is 2.35. The Kier molecular flexibility index (Phi) is 3.09. The number of ketones is 1. The molecule has 0 saturated heterocycles. The summed E-state index contributed by atoms with van der Waals surface area (Å²) in [6, 6.07) is 0. The minimum absolute atomic E-state index is 0.0625. The van der Waals surface area contributed by atoms with Gasteiger partial charge in [-0.15, -0.1) is 0 Å². The van der Waals surface area contributed by atoms with E-state index in [-0.39, 0.29) is 17.7 Å². The van der Waals surface area contributed by atoms with E-state index in [2.05, 4.69) is 0 Å². The molecule has 0 amide bonds. The van der Waals surface area contributed by atoms with Gasteiger partial charge >= 0.3 is 5.97 Å². The molecule has 3 nitrogen and oxygen atoms in total. The van der Waals surface area contributed by atoms with Gasteiger partial charge in [-0.2, -0.15) is 0 Å². The zero-order valence-electron chi connectivity index (χ0n) is 8.87. The van der Waals surface area contributed by atoms with E-state index in [1.807, 2.05) is 19.9 Å². The number of hydrogen-bond acceptors (Lipinski definition) is 3. The van der Waals surface area contributed by atoms with Crippen molar-refractivity contribution in [3.8, 4) is 0 Å². The largest absolute Gasteiger partial charge is 0.469 e. The van der Waals surface area contributed by atoms with Gasteiger partial charge in [-0.05, 0) is 32.3 Å². The molecule has 0 heterocycles. The van der Waals surface area contributed by atoms with E-state index in [1.165, 1.54) is 7.11 Å². The summed E-state index contributed by atoms with van der Waals surface area (Å²) in [5, 5.41) is 0. The molecule has 0 spiro atoms. The lowest BCUT2D eigenvalue weighted by atomic mass is 9.72. The van der Waals surface area contributed by atoms with Gasteiger partial charge in [0.25, 0.3) is 0 Å². The maximum absolute atomic E-state index is 11.5. The normalized spacial score (nSPS) is 22.2. The fourth-order valence-electron chi connectivity index (χ4n) is 1.74. The first-order valence-corrected chi connectivity index (χ1v) is 4.76. The molecular formula is C11H16O3. The molecule has 78 valence electrons. The van der Waals surface area contributed by atoms with Crippen molar-refractivity contribution < 1.29 is 14.3 Å². The summed E-state index contributed by atoms with van der Waals surface area (Å²) in [5.41, 5.74) is -0.574. The quantitative estimate of drug-likeness (QED) is 0.631. The van der Waals surface area contributed by atoms with E-state index in [0.29, 0.717) is 6.42 Å². The van der Waals surface area contributed by atoms with Gasteiger partial charge in [0, 0.05) is 6.42 Å². The van der Waals surface area contributed by atoms with Crippen LogP contribution in [-0.4, -0.2) is 18.9 Å². The van der Waals surface area contributed by atoms with E-state index < -0.39 is 5.41 Å². The summed E-state index contributed by atoms with van der Waals surface area (Å²) in [4.78, 5) is 22.7. The molecule has 1 aliphatic carbocycles. The molecule has 1 rings (SSSR count). The number of allylic oxidation sites excluding steroid dienone is 2. The van der Waals surface area contributed by atoms with E-state index in [4.69, 9.17) is 4.74 Å². The SMILES string of the molecule is COC(=O)C(C)(C)C1CC=CC(=O)C1. The maximum atomic E-state index is 11.5. The first-order chi connectivity index (χ1) is 6.48. The van der Waals surface area contributed by atoms with Crippen LogP contribution in [0.2, 0.25) is 0 Å². The molecule has 0 fully saturated rings. The van der Waals surface area contributed by atoms with Crippen molar-refractivity contribution in [2.45, 2.75) is 26.7 Å². The predicted molar refractivity (Wildman–Crippen MR) is 52.7 cm³/mol. The second-order valence-electron chi connectivity index (χ2n) is 4.22. The lowest BCUT2D eigenvalue weighted by Gasteiger charge is -2.31. The highest BCUT2D eigenvalue weighted by Gasteiger charge is 2.38. The molecule has 1 atom stereocenters. The summed E-state index contributed by atoms with van der Waals surface area (Å²) < 4.78 is 4.73. The van der Waals surface area contributed by atoms with Crippen molar-refractivity contribution in [2.75, 3.05) is 7.11 Å². The Balaban J connectivity index is 2.78. The summed E-state index contributed by atoms with van der Waals surface area (Å²) in [7, 11) is 1.38. The summed E-state index contributed by atoms with van der Waals surface area (Å²) >= 11 is 0. The van der Waals surface area contributed by atoms with Crippen molar-refractivity contribution in [3.05, 3.63) is 12.2 Å². The van der Waals surface area contributed by atoms with Crippen LogP contribution < -0.4 is 0 Å². The van der Waals surface area contributed by atoms with Crippen LogP contribution in [0.4, 0.5) is 0 Å². The number of rotatable bonds is 2. The van der Waals surface area contributed by atoms with Gasteiger partial charge in [-0.25, -0.2) is 0 Å². The molecule has 1 aliphatic rings. The van der Waals surface area contributed by atoms with Crippen molar-refractivity contribution in [1.82, 2.24) is 0 Å². The standard InChI is InChI=1S/C11H16O3/c1-11(2,10(13)14-3)8-5-4-6-9(12)7-8/h4,6,8H,5,7H2,1-3H3. The monoisotopic (exact) mass is 196 g/mol. The highest BCUT2D eigenvalue weighted by atomic mass is 16.5. The molecule has 3 heteroatoms. The molecule has 0 saturated carbocycles. The van der Waals surface area contributed by atoms with Gasteiger partial charge in [-0.3, -0.25) is 9.59 Å². The number of carbonyl (C=O) groups excluding carboxylic acids is 2. The third kappa shape index (κ3) is 2.03. The van der Waals surface area contributed by atoms with E-state index >= 15 is 0 Å². The lowest BCUT2D eigenvalue weighted by molar-refractivity contribution is -0.154. The van der Waals surface area contributed by atoms with Crippen molar-refractivity contribution >= 4 is 11.8 Å². The molecule has 0 aromatic heterocycles. The van der Waals surface area contributed by atoms with Crippen LogP contribution in [-0.2, 0) is 14.3 Å². The topological polar surface area (TPSA) is 43.4 Å². The van der Waals surface area contributed by atoms with E-state index in [1.54, 1.807) is 6.08 Å². The number of carbonyl (C=O) groups is 2. The Bertz CT molecular complexity index is 276. The van der Waals surface area contributed by atoms with Crippen LogP contribution in [0.5, 0.6) is 0 Å². The third-order valence-electron chi connectivity index (χ3n) is 2.90. The first-order valence-electron chi connectivity index (χ1n) is 4.76. The van der Waals surface area contributed by atoms with Crippen LogP contribution >= 0.6 is 0 Å². The highest BCUT2D eigenvalue weighted by molar-refractivity contribution is 5.91. The Morgan fingerprint density at radius 1 is 1.57 bits per heavy atom. The Morgan fingerprint density at radius 3 is 2.71 bits per heavy atom. The van der Waals surface area contributed by atoms with Gasteiger partial charge in [0.05, 0.1) is 12.5 Å². The number of hydrogen-bond donors (Lipinski definition) is 0. The third-order valence-corrected chi connectivity index (χ3v) is 2.90. The maximum Gasteiger partial charge on any atom is 0.311 e. The van der Waals surface area contributed by atoms with Gasteiger partial charge in [-0.1, -0.05) is 6.08 Å². The van der Waals surface area contributed by atoms with E-state index in [9.17, 15) is 9.59 Å². The van der Waals surface area contributed by atoms with Gasteiger partial charge in [0.2, 0.25) is 0 Å². The average Bonchev–Trinajstić information content (AvgIpc) is 2.16. The molecular weight excluding hydrogens is 180 g/mol. The molecule has 0 radical (unpaired) electrons.